The molecule has 0 atom stereocenters. The van der Waals surface area contributed by atoms with Gasteiger partial charge in [-0.25, -0.2) is 4.39 Å². The number of anilines is 1. The highest BCUT2D eigenvalue weighted by Gasteiger charge is 2.09. The number of aromatic nitrogens is 1. The predicted molar refractivity (Wildman–Crippen MR) is 70.8 cm³/mol. The Morgan fingerprint density at radius 2 is 2.00 bits per heavy atom. The number of rotatable bonds is 2. The molecule has 1 aromatic carbocycles. The van der Waals surface area contributed by atoms with Crippen LogP contribution in [0.2, 0.25) is 0 Å². The van der Waals surface area contributed by atoms with E-state index in [4.69, 9.17) is 0 Å². The lowest BCUT2D eigenvalue weighted by Crippen LogP contribution is -2.19. The van der Waals surface area contributed by atoms with Crippen molar-refractivity contribution in [2.24, 2.45) is 7.05 Å². The van der Waals surface area contributed by atoms with E-state index in [1.165, 1.54) is 35.0 Å². The second-order valence-electron chi connectivity index (χ2n) is 4.28. The largest absolute Gasteiger partial charge is 0.322 e. The van der Waals surface area contributed by atoms with Crippen LogP contribution in [-0.2, 0) is 7.05 Å². The maximum atomic E-state index is 13.1. The molecule has 2 rings (SSSR count). The van der Waals surface area contributed by atoms with E-state index < -0.39 is 5.82 Å². The van der Waals surface area contributed by atoms with Gasteiger partial charge >= 0.3 is 0 Å². The van der Waals surface area contributed by atoms with Crippen molar-refractivity contribution in [2.45, 2.75) is 6.92 Å². The van der Waals surface area contributed by atoms with E-state index in [0.29, 0.717) is 11.3 Å². The molecule has 2 aromatic rings. The van der Waals surface area contributed by atoms with Gasteiger partial charge < -0.3 is 9.88 Å². The smallest absolute Gasteiger partial charge is 0.257 e. The number of carbonyl (C=O) groups excluding carboxylic acids is 1. The Morgan fingerprint density at radius 1 is 1.26 bits per heavy atom. The summed E-state index contributed by atoms with van der Waals surface area (Å²) in [6, 6.07) is 6.93. The molecule has 0 aliphatic rings. The topological polar surface area (TPSA) is 51.1 Å². The Bertz CT molecular complexity index is 692. The minimum atomic E-state index is -0.415. The molecule has 0 bridgehead atoms. The Morgan fingerprint density at radius 3 is 2.68 bits per heavy atom. The van der Waals surface area contributed by atoms with Gasteiger partial charge in [0.15, 0.2) is 0 Å². The zero-order chi connectivity index (χ0) is 14.0. The minimum Gasteiger partial charge on any atom is -0.322 e. The van der Waals surface area contributed by atoms with E-state index in [0.717, 1.165) is 5.56 Å². The molecule has 4 nitrogen and oxygen atoms in total. The second-order valence-corrected chi connectivity index (χ2v) is 4.28. The lowest BCUT2D eigenvalue weighted by atomic mass is 10.2. The molecule has 0 spiro atoms. The van der Waals surface area contributed by atoms with Crippen molar-refractivity contribution >= 4 is 11.6 Å². The van der Waals surface area contributed by atoms with Crippen LogP contribution in [0.15, 0.2) is 41.3 Å². The van der Waals surface area contributed by atoms with Gasteiger partial charge in [-0.05, 0) is 30.7 Å². The number of nitrogens with zero attached hydrogens (tertiary/aromatic N) is 1. The van der Waals surface area contributed by atoms with Gasteiger partial charge in [0.05, 0.1) is 5.56 Å². The van der Waals surface area contributed by atoms with Gasteiger partial charge in [-0.1, -0.05) is 6.07 Å². The zero-order valence-electron chi connectivity index (χ0n) is 10.6. The van der Waals surface area contributed by atoms with Gasteiger partial charge in [0.2, 0.25) is 5.56 Å². The molecule has 0 radical (unpaired) electrons. The number of halogens is 1. The Labute approximate surface area is 109 Å². The van der Waals surface area contributed by atoms with Crippen molar-refractivity contribution in [1.82, 2.24) is 4.57 Å². The molecule has 19 heavy (non-hydrogen) atoms. The van der Waals surface area contributed by atoms with Gasteiger partial charge in [-0.2, -0.15) is 0 Å². The van der Waals surface area contributed by atoms with E-state index in [9.17, 15) is 14.0 Å². The van der Waals surface area contributed by atoms with E-state index in [2.05, 4.69) is 5.32 Å². The van der Waals surface area contributed by atoms with Crippen LogP contribution in [0.4, 0.5) is 10.1 Å². The SMILES string of the molecule is Cc1ccc(F)cc1NC(=O)c1ccc(=O)n(C)c1. The highest BCUT2D eigenvalue weighted by molar-refractivity contribution is 6.04. The minimum absolute atomic E-state index is 0.196. The number of amides is 1. The molecule has 0 unspecified atom stereocenters. The maximum absolute atomic E-state index is 13.1. The van der Waals surface area contributed by atoms with Crippen molar-refractivity contribution < 1.29 is 9.18 Å². The molecule has 0 aliphatic carbocycles. The number of pyridine rings is 1. The molecule has 1 amide bonds. The first-order chi connectivity index (χ1) is 8.97. The van der Waals surface area contributed by atoms with Crippen molar-refractivity contribution in [3.8, 4) is 0 Å². The summed E-state index contributed by atoms with van der Waals surface area (Å²) >= 11 is 0. The highest BCUT2D eigenvalue weighted by atomic mass is 19.1. The zero-order valence-corrected chi connectivity index (χ0v) is 10.6. The van der Waals surface area contributed by atoms with Gasteiger partial charge in [0, 0.05) is 25.0 Å². The number of hydrogen-bond acceptors (Lipinski definition) is 2. The first kappa shape index (κ1) is 13.0. The van der Waals surface area contributed by atoms with E-state index in [-0.39, 0.29) is 11.5 Å². The van der Waals surface area contributed by atoms with Gasteiger partial charge in [0.25, 0.3) is 5.91 Å². The van der Waals surface area contributed by atoms with Crippen molar-refractivity contribution in [3.05, 3.63) is 63.8 Å². The Kier molecular flexibility index (Phi) is 3.46. The molecule has 1 aromatic heterocycles. The average molecular weight is 260 g/mol. The normalized spacial score (nSPS) is 10.3. The van der Waals surface area contributed by atoms with Crippen LogP contribution in [0.3, 0.4) is 0 Å². The summed E-state index contributed by atoms with van der Waals surface area (Å²) in [5.41, 5.74) is 1.32. The maximum Gasteiger partial charge on any atom is 0.257 e. The Balaban J connectivity index is 2.28. The molecule has 0 saturated carbocycles. The van der Waals surface area contributed by atoms with Gasteiger partial charge in [0.1, 0.15) is 5.82 Å². The molecule has 5 heteroatoms. The predicted octanol–water partition coefficient (Wildman–Crippen LogP) is 2.09. The lowest BCUT2D eigenvalue weighted by Gasteiger charge is -2.09. The molecule has 0 aliphatic heterocycles. The number of hydrogen-bond donors (Lipinski definition) is 1. The number of benzene rings is 1. The molecule has 0 saturated heterocycles. The van der Waals surface area contributed by atoms with Crippen LogP contribution in [0.25, 0.3) is 0 Å². The van der Waals surface area contributed by atoms with Crippen LogP contribution >= 0.6 is 0 Å². The quantitative estimate of drug-likeness (QED) is 0.898. The van der Waals surface area contributed by atoms with Crippen LogP contribution in [0.5, 0.6) is 0 Å². The van der Waals surface area contributed by atoms with Gasteiger partial charge in [-0.3, -0.25) is 9.59 Å². The summed E-state index contributed by atoms with van der Waals surface area (Å²) in [6.07, 6.45) is 1.44. The summed E-state index contributed by atoms with van der Waals surface area (Å²) in [7, 11) is 1.56. The second kappa shape index (κ2) is 5.06. The monoisotopic (exact) mass is 260 g/mol. The third-order valence-electron chi connectivity index (χ3n) is 2.80. The third-order valence-corrected chi connectivity index (χ3v) is 2.80. The number of nitrogens with one attached hydrogen (secondary N) is 1. The molecular weight excluding hydrogens is 247 g/mol. The average Bonchev–Trinajstić information content (AvgIpc) is 2.37. The summed E-state index contributed by atoms with van der Waals surface area (Å²) in [4.78, 5) is 23.2. The first-order valence-electron chi connectivity index (χ1n) is 5.71. The standard InChI is InChI=1S/C14H13FN2O2/c1-9-3-5-11(15)7-12(9)16-14(19)10-4-6-13(18)17(2)8-10/h3-8H,1-2H3,(H,16,19). The van der Waals surface area contributed by atoms with Crippen LogP contribution < -0.4 is 10.9 Å². The lowest BCUT2D eigenvalue weighted by molar-refractivity contribution is 0.102. The molecule has 98 valence electrons. The van der Waals surface area contributed by atoms with Gasteiger partial charge in [-0.15, -0.1) is 0 Å². The van der Waals surface area contributed by atoms with Crippen molar-refractivity contribution in [3.63, 3.8) is 0 Å². The summed E-state index contributed by atoms with van der Waals surface area (Å²) in [6.45, 7) is 1.77. The summed E-state index contributed by atoms with van der Waals surface area (Å²) in [5, 5.41) is 2.62. The van der Waals surface area contributed by atoms with Crippen LogP contribution in [0, 0.1) is 12.7 Å². The fourth-order valence-electron chi connectivity index (χ4n) is 1.65. The summed E-state index contributed by atoms with van der Waals surface area (Å²) < 4.78 is 14.4. The number of carbonyl (C=O) groups is 1. The third kappa shape index (κ3) is 2.88. The molecule has 0 fully saturated rings. The van der Waals surface area contributed by atoms with E-state index in [1.54, 1.807) is 20.0 Å². The van der Waals surface area contributed by atoms with Crippen LogP contribution in [0.1, 0.15) is 15.9 Å². The summed E-state index contributed by atoms with van der Waals surface area (Å²) in [5.74, 6) is -0.800. The van der Waals surface area contributed by atoms with E-state index in [1.807, 2.05) is 0 Å². The highest BCUT2D eigenvalue weighted by Crippen LogP contribution is 2.16. The fraction of sp³-hybridized carbons (Fsp3) is 0.143. The first-order valence-corrected chi connectivity index (χ1v) is 5.71. The molecule has 1 N–H and O–H groups in total. The molecule has 1 heterocycles. The number of aryl methyl sites for hydroxylation is 2. The van der Waals surface area contributed by atoms with Crippen molar-refractivity contribution in [1.29, 1.82) is 0 Å². The molecular formula is C14H13FN2O2. The van der Waals surface area contributed by atoms with Crippen LogP contribution in [-0.4, -0.2) is 10.5 Å². The fourth-order valence-corrected chi connectivity index (χ4v) is 1.65. The van der Waals surface area contributed by atoms with Crippen molar-refractivity contribution in [2.75, 3.05) is 5.32 Å². The van der Waals surface area contributed by atoms with E-state index >= 15 is 0 Å². The Hall–Kier alpha value is -2.43.